The Morgan fingerprint density at radius 2 is 1.75 bits per heavy atom. The molecule has 3 heteroatoms. The van der Waals surface area contributed by atoms with Gasteiger partial charge in [-0.15, -0.1) is 0 Å². The summed E-state index contributed by atoms with van der Waals surface area (Å²) >= 11 is 0. The van der Waals surface area contributed by atoms with Crippen molar-refractivity contribution in [1.29, 1.82) is 0 Å². The molecule has 28 heavy (non-hydrogen) atoms. The van der Waals surface area contributed by atoms with Gasteiger partial charge in [0.15, 0.2) is 0 Å². The Bertz CT molecular complexity index is 1000. The van der Waals surface area contributed by atoms with Crippen LogP contribution >= 0.6 is 0 Å². The maximum absolute atomic E-state index is 13.2. The van der Waals surface area contributed by atoms with E-state index in [0.717, 1.165) is 66.4 Å². The van der Waals surface area contributed by atoms with Crippen LogP contribution in [-0.4, -0.2) is 10.6 Å². The number of nitrogens with zero attached hydrogens (tertiary/aromatic N) is 1. The van der Waals surface area contributed by atoms with E-state index in [1.54, 1.807) is 0 Å². The fourth-order valence-electron chi connectivity index (χ4n) is 3.29. The number of anilines is 1. The topological polar surface area (TPSA) is 34.0 Å². The normalized spacial score (nSPS) is 10.5. The predicted molar refractivity (Wildman–Crippen MR) is 118 cm³/mol. The molecule has 0 aliphatic rings. The summed E-state index contributed by atoms with van der Waals surface area (Å²) in [6.45, 7) is 4.33. The molecule has 1 amide bonds. The third kappa shape index (κ3) is 4.64. The Labute approximate surface area is 167 Å². The van der Waals surface area contributed by atoms with Crippen LogP contribution in [0.25, 0.3) is 10.9 Å². The zero-order chi connectivity index (χ0) is 19.8. The molecule has 0 fully saturated rings. The number of carbonyl (C=O) groups is 1. The van der Waals surface area contributed by atoms with Crippen LogP contribution in [0.4, 0.5) is 10.5 Å². The van der Waals surface area contributed by atoms with Crippen molar-refractivity contribution in [3.05, 3.63) is 65.9 Å². The zero-order valence-corrected chi connectivity index (χ0v) is 16.8. The highest BCUT2D eigenvalue weighted by atomic mass is 16.2. The number of aromatic nitrogens is 1. The highest BCUT2D eigenvalue weighted by molar-refractivity contribution is 6.00. The minimum Gasteiger partial charge on any atom is -0.306 e. The van der Waals surface area contributed by atoms with Crippen LogP contribution in [-0.2, 0) is 6.42 Å². The second kappa shape index (κ2) is 9.80. The van der Waals surface area contributed by atoms with E-state index in [9.17, 15) is 4.79 Å². The first-order valence-corrected chi connectivity index (χ1v) is 10.2. The molecular weight excluding hydrogens is 344 g/mol. The second-order valence-corrected chi connectivity index (χ2v) is 7.01. The van der Waals surface area contributed by atoms with E-state index in [0.29, 0.717) is 0 Å². The molecule has 1 aromatic heterocycles. The van der Waals surface area contributed by atoms with Gasteiger partial charge in [0.05, 0.1) is 11.2 Å². The summed E-state index contributed by atoms with van der Waals surface area (Å²) in [5.74, 6) is 6.42. The summed E-state index contributed by atoms with van der Waals surface area (Å²) in [5, 5.41) is 4.18. The van der Waals surface area contributed by atoms with Crippen LogP contribution in [0.3, 0.4) is 0 Å². The van der Waals surface area contributed by atoms with E-state index in [4.69, 9.17) is 0 Å². The van der Waals surface area contributed by atoms with Gasteiger partial charge in [0.1, 0.15) is 0 Å². The standard InChI is InChI=1S/C25H28N2O/c1-3-5-7-8-13-20-14-9-11-17-23(20)26-25(28)27-22(16-6-4-2)19-21-15-10-12-18-24(21)27/h9-12,14-15,17-19H,3-7,16H2,1-2H3,(H,26,28). The van der Waals surface area contributed by atoms with Crippen molar-refractivity contribution >= 4 is 22.6 Å². The summed E-state index contributed by atoms with van der Waals surface area (Å²) < 4.78 is 1.81. The second-order valence-electron chi connectivity index (χ2n) is 7.01. The van der Waals surface area contributed by atoms with Crippen molar-refractivity contribution in [3.8, 4) is 11.8 Å². The highest BCUT2D eigenvalue weighted by Crippen LogP contribution is 2.23. The molecule has 0 atom stereocenters. The first-order valence-electron chi connectivity index (χ1n) is 10.2. The molecule has 144 valence electrons. The first kappa shape index (κ1) is 19.8. The molecule has 0 saturated carbocycles. The third-order valence-electron chi connectivity index (χ3n) is 4.82. The molecule has 0 unspecified atom stereocenters. The van der Waals surface area contributed by atoms with Crippen LogP contribution in [0.2, 0.25) is 0 Å². The molecule has 2 aromatic carbocycles. The number of carbonyl (C=O) groups excluding carboxylic acids is 1. The lowest BCUT2D eigenvalue weighted by molar-refractivity contribution is 0.253. The molecule has 0 aliphatic carbocycles. The lowest BCUT2D eigenvalue weighted by Gasteiger charge is -2.12. The Morgan fingerprint density at radius 1 is 1.00 bits per heavy atom. The number of unbranched alkanes of at least 4 members (excludes halogenated alkanes) is 3. The van der Waals surface area contributed by atoms with E-state index < -0.39 is 0 Å². The molecular formula is C25H28N2O. The van der Waals surface area contributed by atoms with E-state index in [-0.39, 0.29) is 6.03 Å². The average Bonchev–Trinajstić information content (AvgIpc) is 3.09. The van der Waals surface area contributed by atoms with Crippen molar-refractivity contribution in [2.45, 2.75) is 52.4 Å². The quantitative estimate of drug-likeness (QED) is 0.383. The zero-order valence-electron chi connectivity index (χ0n) is 16.8. The lowest BCUT2D eigenvalue weighted by atomic mass is 10.1. The lowest BCUT2D eigenvalue weighted by Crippen LogP contribution is -2.21. The number of fused-ring (bicyclic) bond motifs is 1. The van der Waals surface area contributed by atoms with Gasteiger partial charge in [-0.05, 0) is 43.5 Å². The molecule has 0 bridgehead atoms. The van der Waals surface area contributed by atoms with Crippen molar-refractivity contribution in [3.63, 3.8) is 0 Å². The molecule has 0 saturated heterocycles. The number of para-hydroxylation sites is 2. The molecule has 3 rings (SSSR count). The van der Waals surface area contributed by atoms with E-state index in [2.05, 4.69) is 43.1 Å². The maximum atomic E-state index is 13.2. The van der Waals surface area contributed by atoms with Crippen molar-refractivity contribution in [2.75, 3.05) is 5.32 Å². The van der Waals surface area contributed by atoms with Crippen LogP contribution < -0.4 is 5.32 Å². The molecule has 1 heterocycles. The Morgan fingerprint density at radius 3 is 2.57 bits per heavy atom. The van der Waals surface area contributed by atoms with E-state index >= 15 is 0 Å². The average molecular weight is 373 g/mol. The number of hydrogen-bond acceptors (Lipinski definition) is 1. The largest absolute Gasteiger partial charge is 0.330 e. The minimum absolute atomic E-state index is 0.130. The van der Waals surface area contributed by atoms with Gasteiger partial charge in [0.2, 0.25) is 0 Å². The van der Waals surface area contributed by atoms with Crippen LogP contribution in [0, 0.1) is 11.8 Å². The van der Waals surface area contributed by atoms with Crippen LogP contribution in [0.1, 0.15) is 57.2 Å². The third-order valence-corrected chi connectivity index (χ3v) is 4.82. The monoisotopic (exact) mass is 372 g/mol. The summed E-state index contributed by atoms with van der Waals surface area (Å²) in [6, 6.07) is 17.8. The van der Waals surface area contributed by atoms with Crippen molar-refractivity contribution in [2.24, 2.45) is 0 Å². The Balaban J connectivity index is 1.90. The SMILES string of the molecule is CCCCC#Cc1ccccc1NC(=O)n1c(CCCC)cc2ccccc21. The van der Waals surface area contributed by atoms with Crippen LogP contribution in [0.15, 0.2) is 54.6 Å². The van der Waals surface area contributed by atoms with Gasteiger partial charge >= 0.3 is 6.03 Å². The fourth-order valence-corrected chi connectivity index (χ4v) is 3.29. The minimum atomic E-state index is -0.130. The highest BCUT2D eigenvalue weighted by Gasteiger charge is 2.15. The smallest absolute Gasteiger partial charge is 0.306 e. The summed E-state index contributed by atoms with van der Waals surface area (Å²) in [4.78, 5) is 13.2. The number of benzene rings is 2. The maximum Gasteiger partial charge on any atom is 0.330 e. The molecule has 0 aliphatic heterocycles. The van der Waals surface area contributed by atoms with E-state index in [1.165, 1.54) is 0 Å². The number of amides is 1. The first-order chi connectivity index (χ1) is 13.7. The van der Waals surface area contributed by atoms with Gasteiger partial charge in [0.25, 0.3) is 0 Å². The van der Waals surface area contributed by atoms with Gasteiger partial charge in [0, 0.05) is 23.1 Å². The van der Waals surface area contributed by atoms with Gasteiger partial charge in [-0.2, -0.15) is 0 Å². The van der Waals surface area contributed by atoms with Gasteiger partial charge < -0.3 is 5.32 Å². The summed E-state index contributed by atoms with van der Waals surface area (Å²) in [6.07, 6.45) is 6.15. The fraction of sp³-hybridized carbons (Fsp3) is 0.320. The van der Waals surface area contributed by atoms with Crippen LogP contribution in [0.5, 0.6) is 0 Å². The molecule has 3 aromatic rings. The Hall–Kier alpha value is -2.99. The molecule has 0 radical (unpaired) electrons. The van der Waals surface area contributed by atoms with Crippen molar-refractivity contribution in [1.82, 2.24) is 4.57 Å². The summed E-state index contributed by atoms with van der Waals surface area (Å²) in [5.41, 5.74) is 3.61. The number of nitrogens with one attached hydrogen (secondary N) is 1. The molecule has 3 nitrogen and oxygen atoms in total. The van der Waals surface area contributed by atoms with Gasteiger partial charge in [-0.3, -0.25) is 4.57 Å². The summed E-state index contributed by atoms with van der Waals surface area (Å²) in [7, 11) is 0. The van der Waals surface area contributed by atoms with Gasteiger partial charge in [-0.25, -0.2) is 4.79 Å². The Kier molecular flexibility index (Phi) is 6.92. The molecule has 1 N–H and O–H groups in total. The number of aryl methyl sites for hydroxylation is 1. The molecule has 0 spiro atoms. The van der Waals surface area contributed by atoms with Crippen molar-refractivity contribution < 1.29 is 4.79 Å². The predicted octanol–water partition coefficient (Wildman–Crippen LogP) is 6.61. The van der Waals surface area contributed by atoms with E-state index in [1.807, 2.05) is 47.0 Å². The number of hydrogen-bond donors (Lipinski definition) is 1. The number of rotatable bonds is 6. The van der Waals surface area contributed by atoms with Gasteiger partial charge in [-0.1, -0.05) is 68.9 Å².